The van der Waals surface area contributed by atoms with Crippen molar-refractivity contribution in [3.05, 3.63) is 53.5 Å². The van der Waals surface area contributed by atoms with Crippen LogP contribution in [0, 0.1) is 5.92 Å². The lowest BCUT2D eigenvalue weighted by Gasteiger charge is -2.64. The van der Waals surface area contributed by atoms with Crippen LogP contribution in [0.1, 0.15) is 48.8 Å². The third kappa shape index (κ3) is 2.87. The number of carbonyl (C=O) groups excluding carboxylic acids is 1. The van der Waals surface area contributed by atoms with Crippen LogP contribution in [0.4, 0.5) is 0 Å². The lowest BCUT2D eigenvalue weighted by Crippen LogP contribution is -2.77. The van der Waals surface area contributed by atoms with Gasteiger partial charge in [0.05, 0.1) is 28.8 Å². The second kappa shape index (κ2) is 7.39. The molecule has 2 aliphatic heterocycles. The van der Waals surface area contributed by atoms with E-state index in [0.717, 1.165) is 43.0 Å². The van der Waals surface area contributed by atoms with E-state index < -0.39 is 11.0 Å². The number of benzene rings is 1. The van der Waals surface area contributed by atoms with E-state index in [2.05, 4.69) is 4.90 Å². The Labute approximate surface area is 203 Å². The number of rotatable bonds is 5. The van der Waals surface area contributed by atoms with E-state index in [-0.39, 0.29) is 28.3 Å². The maximum Gasteiger partial charge on any atom is 0.212 e. The number of aliphatic hydroxyl groups is 1. The van der Waals surface area contributed by atoms with Crippen LogP contribution in [-0.2, 0) is 16.6 Å². The summed E-state index contributed by atoms with van der Waals surface area (Å²) in [6.07, 6.45) is 11.7. The largest absolute Gasteiger partial charge is 0.504 e. The van der Waals surface area contributed by atoms with E-state index in [1.54, 1.807) is 30.7 Å². The molecular formula is C27H29NO5S. The minimum Gasteiger partial charge on any atom is -0.504 e. The third-order valence-electron chi connectivity index (χ3n) is 8.93. The molecule has 7 heteroatoms. The molecule has 1 saturated heterocycles. The third-order valence-corrected chi connectivity index (χ3v) is 10.1. The van der Waals surface area contributed by atoms with Gasteiger partial charge in [0.25, 0.3) is 0 Å². The average Bonchev–Trinajstić information content (AvgIpc) is 3.33. The van der Waals surface area contributed by atoms with Crippen molar-refractivity contribution < 1.29 is 24.2 Å². The summed E-state index contributed by atoms with van der Waals surface area (Å²) in [7, 11) is 0. The summed E-state index contributed by atoms with van der Waals surface area (Å²) in [5, 5.41) is 23.1. The van der Waals surface area contributed by atoms with Gasteiger partial charge in [0, 0.05) is 23.7 Å². The average molecular weight is 480 g/mol. The molecular weight excluding hydrogens is 450 g/mol. The standard InChI is InChI=1S/C27H29NO5S/c29-19-5-4-18-13-21-27(31)9-7-20(34-22(30)6-3-17-8-12-32-15-17)25-26(27,23(18)24(19)33-25)10-11-28(21)14-16-1-2-16/h3-6,8,12,15-16,20-21,25,29,31H,1-2,7,9-11,13-14H2/t20-,21-,25+,26+,27-/m1/s1. The number of ether oxygens (including phenoxy) is 1. The second-order valence-electron chi connectivity index (χ2n) is 10.7. The molecule has 34 heavy (non-hydrogen) atoms. The highest BCUT2D eigenvalue weighted by atomic mass is 32.2. The Morgan fingerprint density at radius 1 is 1.24 bits per heavy atom. The number of carbonyl (C=O) groups is 1. The van der Waals surface area contributed by atoms with Crippen molar-refractivity contribution in [2.24, 2.45) is 5.92 Å². The number of hydrogen-bond acceptors (Lipinski definition) is 7. The number of furan rings is 1. The first-order chi connectivity index (χ1) is 16.5. The minimum atomic E-state index is -0.913. The van der Waals surface area contributed by atoms with E-state index >= 15 is 0 Å². The molecule has 2 N–H and O–H groups in total. The fraction of sp³-hybridized carbons (Fsp3) is 0.519. The van der Waals surface area contributed by atoms with Crippen LogP contribution in [-0.4, -0.2) is 56.3 Å². The van der Waals surface area contributed by atoms with Crippen LogP contribution >= 0.6 is 11.8 Å². The first-order valence-corrected chi connectivity index (χ1v) is 13.3. The Morgan fingerprint density at radius 3 is 2.91 bits per heavy atom. The normalized spacial score (nSPS) is 35.9. The first-order valence-electron chi connectivity index (χ1n) is 12.4. The maximum absolute atomic E-state index is 12.9. The number of nitrogens with zero attached hydrogens (tertiary/aromatic N) is 1. The molecule has 0 unspecified atom stereocenters. The number of likely N-dealkylation sites (tertiary alicyclic amines) is 1. The minimum absolute atomic E-state index is 0.0319. The van der Waals surface area contributed by atoms with Crippen LogP contribution in [0.3, 0.4) is 0 Å². The van der Waals surface area contributed by atoms with Crippen molar-refractivity contribution >= 4 is 23.0 Å². The van der Waals surface area contributed by atoms with Gasteiger partial charge in [0.1, 0.15) is 6.10 Å². The molecule has 3 heterocycles. The molecule has 1 aromatic carbocycles. The van der Waals surface area contributed by atoms with E-state index in [4.69, 9.17) is 9.15 Å². The van der Waals surface area contributed by atoms with Crippen molar-refractivity contribution in [2.45, 2.75) is 66.9 Å². The number of thioether (sulfide) groups is 1. The van der Waals surface area contributed by atoms with Crippen LogP contribution < -0.4 is 4.74 Å². The van der Waals surface area contributed by atoms with Gasteiger partial charge in [-0.2, -0.15) is 0 Å². The van der Waals surface area contributed by atoms with E-state index in [1.165, 1.54) is 30.2 Å². The van der Waals surface area contributed by atoms with Crippen LogP contribution in [0.5, 0.6) is 11.5 Å². The fourth-order valence-electron chi connectivity index (χ4n) is 7.28. The lowest BCUT2D eigenvalue weighted by molar-refractivity contribution is -0.184. The van der Waals surface area contributed by atoms with Crippen LogP contribution in [0.25, 0.3) is 6.08 Å². The molecule has 5 aliphatic rings. The van der Waals surface area contributed by atoms with Crippen molar-refractivity contribution in [1.29, 1.82) is 0 Å². The zero-order valence-corrected chi connectivity index (χ0v) is 19.8. The van der Waals surface area contributed by atoms with Gasteiger partial charge in [0.15, 0.2) is 11.5 Å². The number of phenols is 1. The highest BCUT2D eigenvalue weighted by Crippen LogP contribution is 2.66. The number of hydrogen-bond donors (Lipinski definition) is 2. The predicted octanol–water partition coefficient (Wildman–Crippen LogP) is 3.89. The predicted molar refractivity (Wildman–Crippen MR) is 129 cm³/mol. The van der Waals surface area contributed by atoms with Gasteiger partial charge in [-0.3, -0.25) is 9.69 Å². The zero-order chi connectivity index (χ0) is 23.1. The second-order valence-corrected chi connectivity index (χ2v) is 11.9. The zero-order valence-electron chi connectivity index (χ0n) is 19.0. The Bertz CT molecular complexity index is 1170. The van der Waals surface area contributed by atoms with E-state index in [9.17, 15) is 15.0 Å². The number of aromatic hydroxyl groups is 1. The molecule has 2 aromatic rings. The van der Waals surface area contributed by atoms with Crippen molar-refractivity contribution in [3.8, 4) is 11.5 Å². The Kier molecular flexibility index (Phi) is 4.58. The van der Waals surface area contributed by atoms with Gasteiger partial charge in [-0.1, -0.05) is 17.8 Å². The van der Waals surface area contributed by atoms with Gasteiger partial charge < -0.3 is 19.4 Å². The summed E-state index contributed by atoms with van der Waals surface area (Å²) >= 11 is 1.30. The Balaban J connectivity index is 1.25. The quantitative estimate of drug-likeness (QED) is 0.630. The van der Waals surface area contributed by atoms with Gasteiger partial charge in [-0.05, 0) is 80.8 Å². The number of piperidine rings is 1. The maximum atomic E-state index is 12.9. The Hall–Kier alpha value is -2.22. The molecule has 5 atom stereocenters. The molecule has 1 aromatic heterocycles. The van der Waals surface area contributed by atoms with Crippen molar-refractivity contribution in [2.75, 3.05) is 13.1 Å². The first kappa shape index (κ1) is 21.1. The molecule has 0 amide bonds. The van der Waals surface area contributed by atoms with Gasteiger partial charge in [-0.15, -0.1) is 0 Å². The summed E-state index contributed by atoms with van der Waals surface area (Å²) in [6.45, 7) is 1.98. The highest BCUT2D eigenvalue weighted by molar-refractivity contribution is 8.14. The molecule has 3 fully saturated rings. The molecule has 7 rings (SSSR count). The highest BCUT2D eigenvalue weighted by Gasteiger charge is 2.73. The molecule has 1 spiro atoms. The smallest absolute Gasteiger partial charge is 0.212 e. The van der Waals surface area contributed by atoms with Crippen LogP contribution in [0.15, 0.2) is 41.2 Å². The summed E-state index contributed by atoms with van der Waals surface area (Å²) < 4.78 is 11.6. The van der Waals surface area contributed by atoms with Crippen LogP contribution in [0.2, 0.25) is 0 Å². The van der Waals surface area contributed by atoms with Gasteiger partial charge in [0.2, 0.25) is 5.12 Å². The van der Waals surface area contributed by atoms with Gasteiger partial charge in [-0.25, -0.2) is 0 Å². The monoisotopic (exact) mass is 479 g/mol. The molecule has 2 saturated carbocycles. The molecule has 2 bridgehead atoms. The van der Waals surface area contributed by atoms with E-state index in [1.807, 2.05) is 12.1 Å². The molecule has 6 nitrogen and oxygen atoms in total. The fourth-order valence-corrected chi connectivity index (χ4v) is 8.37. The summed E-state index contributed by atoms with van der Waals surface area (Å²) in [4.78, 5) is 15.4. The van der Waals surface area contributed by atoms with E-state index in [0.29, 0.717) is 18.6 Å². The molecule has 3 aliphatic carbocycles. The lowest BCUT2D eigenvalue weighted by atomic mass is 9.49. The number of phenolic OH excluding ortho intramolecular Hbond substituents is 1. The topological polar surface area (TPSA) is 83.1 Å². The Morgan fingerprint density at radius 2 is 2.12 bits per heavy atom. The van der Waals surface area contributed by atoms with Gasteiger partial charge >= 0.3 is 0 Å². The van der Waals surface area contributed by atoms with Crippen molar-refractivity contribution in [1.82, 2.24) is 4.90 Å². The van der Waals surface area contributed by atoms with Crippen molar-refractivity contribution in [3.63, 3.8) is 0 Å². The summed E-state index contributed by atoms with van der Waals surface area (Å²) in [5.41, 5.74) is 1.55. The summed E-state index contributed by atoms with van der Waals surface area (Å²) in [5.74, 6) is 1.43. The summed E-state index contributed by atoms with van der Waals surface area (Å²) in [6, 6.07) is 5.62. The molecule has 178 valence electrons. The molecule has 0 radical (unpaired) electrons. The SMILES string of the molecule is O=C(C=Cc1ccoc1)S[C@@H]1CC[C@@]2(O)[C@H]3Cc4ccc(O)c5c4[C@@]2(CCN3CC2CC2)[C@H]1O5.